The largest absolute Gasteiger partial charge is 0.368 e. The molecular formula is C31H34ClN5O3. The predicted octanol–water partition coefficient (Wildman–Crippen LogP) is 5.12. The number of hydrogen-bond donors (Lipinski definition) is 3. The Balaban J connectivity index is 1.36. The summed E-state index contributed by atoms with van der Waals surface area (Å²) in [5.41, 5.74) is 3.47. The van der Waals surface area contributed by atoms with E-state index in [2.05, 4.69) is 33.0 Å². The molecule has 1 saturated heterocycles. The van der Waals surface area contributed by atoms with Crippen LogP contribution in [0.25, 0.3) is 0 Å². The third-order valence-corrected chi connectivity index (χ3v) is 7.62. The van der Waals surface area contributed by atoms with Gasteiger partial charge in [0.15, 0.2) is 0 Å². The molecular weight excluding hydrogens is 526 g/mol. The van der Waals surface area contributed by atoms with Crippen LogP contribution >= 0.6 is 11.6 Å². The van der Waals surface area contributed by atoms with Crippen LogP contribution in [0.5, 0.6) is 0 Å². The number of amides is 4. The summed E-state index contributed by atoms with van der Waals surface area (Å²) < 4.78 is 0. The molecule has 3 aromatic rings. The minimum atomic E-state index is -0.314. The van der Waals surface area contributed by atoms with Crippen LogP contribution in [0.15, 0.2) is 72.8 Å². The van der Waals surface area contributed by atoms with Gasteiger partial charge < -0.3 is 25.8 Å². The van der Waals surface area contributed by atoms with Crippen LogP contribution in [0.2, 0.25) is 5.02 Å². The van der Waals surface area contributed by atoms with E-state index in [0.717, 1.165) is 18.5 Å². The van der Waals surface area contributed by atoms with Crippen LogP contribution in [0.4, 0.5) is 16.2 Å². The van der Waals surface area contributed by atoms with Gasteiger partial charge in [-0.25, -0.2) is 4.79 Å². The lowest BCUT2D eigenvalue weighted by molar-refractivity contribution is 0.0949. The van der Waals surface area contributed by atoms with Crippen molar-refractivity contribution < 1.29 is 14.4 Å². The number of carbonyl (C=O) groups is 3. The average molecular weight is 560 g/mol. The van der Waals surface area contributed by atoms with E-state index in [1.807, 2.05) is 36.1 Å². The summed E-state index contributed by atoms with van der Waals surface area (Å²) in [4.78, 5) is 42.8. The number of hydrogen-bond acceptors (Lipinski definition) is 4. The topological polar surface area (TPSA) is 93.8 Å². The molecule has 1 aliphatic heterocycles. The Morgan fingerprint density at radius 1 is 0.875 bits per heavy atom. The maximum absolute atomic E-state index is 13.2. The lowest BCUT2D eigenvalue weighted by atomic mass is 10.1. The fraction of sp³-hybridized carbons (Fsp3) is 0.323. The van der Waals surface area contributed by atoms with Gasteiger partial charge in [-0.3, -0.25) is 9.59 Å². The monoisotopic (exact) mass is 559 g/mol. The van der Waals surface area contributed by atoms with Crippen molar-refractivity contribution in [1.82, 2.24) is 15.5 Å². The van der Waals surface area contributed by atoms with Gasteiger partial charge in [0, 0.05) is 60.8 Å². The molecule has 0 aromatic heterocycles. The Kier molecular flexibility index (Phi) is 8.55. The van der Waals surface area contributed by atoms with Gasteiger partial charge in [0.1, 0.15) is 0 Å². The first-order chi connectivity index (χ1) is 19.4. The predicted molar refractivity (Wildman–Crippen MR) is 158 cm³/mol. The number of rotatable bonds is 7. The molecule has 0 unspecified atom stereocenters. The quantitative estimate of drug-likeness (QED) is 0.374. The van der Waals surface area contributed by atoms with Gasteiger partial charge in [-0.1, -0.05) is 48.0 Å². The molecule has 2 aliphatic rings. The van der Waals surface area contributed by atoms with Crippen LogP contribution in [0.3, 0.4) is 0 Å². The molecule has 0 spiro atoms. The molecule has 208 valence electrons. The maximum atomic E-state index is 13.2. The highest BCUT2D eigenvalue weighted by Crippen LogP contribution is 2.41. The average Bonchev–Trinajstić information content (AvgIpc) is 3.76. The van der Waals surface area contributed by atoms with E-state index in [9.17, 15) is 14.4 Å². The Morgan fingerprint density at radius 3 is 2.45 bits per heavy atom. The van der Waals surface area contributed by atoms with E-state index in [1.54, 1.807) is 36.4 Å². The fourth-order valence-corrected chi connectivity index (χ4v) is 5.37. The number of nitrogens with zero attached hydrogens (tertiary/aromatic N) is 2. The van der Waals surface area contributed by atoms with E-state index in [-0.39, 0.29) is 23.9 Å². The van der Waals surface area contributed by atoms with E-state index in [0.29, 0.717) is 60.5 Å². The molecule has 1 aliphatic carbocycles. The van der Waals surface area contributed by atoms with Crippen molar-refractivity contribution in [2.75, 3.05) is 42.9 Å². The smallest absolute Gasteiger partial charge is 0.317 e. The Hall–Kier alpha value is -4.04. The number of urea groups is 1. The van der Waals surface area contributed by atoms with Gasteiger partial charge in [-0.15, -0.1) is 0 Å². The third kappa shape index (κ3) is 6.57. The Labute approximate surface area is 239 Å². The van der Waals surface area contributed by atoms with Crippen LogP contribution < -0.4 is 20.9 Å². The van der Waals surface area contributed by atoms with Crippen molar-refractivity contribution >= 4 is 40.8 Å². The Bertz CT molecular complexity index is 1380. The van der Waals surface area contributed by atoms with Crippen molar-refractivity contribution in [3.63, 3.8) is 0 Å². The Morgan fingerprint density at radius 2 is 1.68 bits per heavy atom. The van der Waals surface area contributed by atoms with E-state index in [4.69, 9.17) is 11.6 Å². The highest BCUT2D eigenvalue weighted by atomic mass is 35.5. The molecule has 40 heavy (non-hydrogen) atoms. The fourth-order valence-electron chi connectivity index (χ4n) is 5.18. The first-order valence-corrected chi connectivity index (χ1v) is 14.1. The maximum Gasteiger partial charge on any atom is 0.317 e. The van der Waals surface area contributed by atoms with Crippen LogP contribution in [0, 0.1) is 0 Å². The molecule has 1 saturated carbocycles. The second-order valence-electron chi connectivity index (χ2n) is 10.2. The summed E-state index contributed by atoms with van der Waals surface area (Å²) in [6.07, 6.45) is 1.69. The lowest BCUT2D eigenvalue weighted by Crippen LogP contribution is -2.42. The summed E-state index contributed by atoms with van der Waals surface area (Å²) in [7, 11) is 0. The van der Waals surface area contributed by atoms with E-state index >= 15 is 0 Å². The minimum Gasteiger partial charge on any atom is -0.368 e. The van der Waals surface area contributed by atoms with Crippen molar-refractivity contribution in [2.45, 2.75) is 31.7 Å². The first kappa shape index (κ1) is 27.5. The van der Waals surface area contributed by atoms with Gasteiger partial charge in [0.05, 0.1) is 11.4 Å². The number of nitrogens with one attached hydrogen (secondary N) is 3. The summed E-state index contributed by atoms with van der Waals surface area (Å²) in [5.74, 6) is -0.172. The van der Waals surface area contributed by atoms with Gasteiger partial charge in [-0.05, 0) is 61.7 Å². The first-order valence-electron chi connectivity index (χ1n) is 13.8. The number of benzene rings is 3. The lowest BCUT2D eigenvalue weighted by Gasteiger charge is -2.26. The molecule has 3 aromatic carbocycles. The van der Waals surface area contributed by atoms with Crippen LogP contribution in [-0.2, 0) is 0 Å². The van der Waals surface area contributed by atoms with E-state index < -0.39 is 0 Å². The molecule has 2 atom stereocenters. The highest BCUT2D eigenvalue weighted by Gasteiger charge is 2.39. The highest BCUT2D eigenvalue weighted by molar-refractivity contribution is 6.31. The zero-order chi connectivity index (χ0) is 28.1. The SMILES string of the molecule is CCNC(=O)N1CCCN(c2ccc(C(=O)N[C@@H]3C[C@H]3c3ccccc3)cc2NC(=O)c2cccc(Cl)c2)CC1. The molecule has 9 heteroatoms. The zero-order valence-electron chi connectivity index (χ0n) is 22.5. The molecule has 1 heterocycles. The van der Waals surface area contributed by atoms with Crippen LogP contribution in [0.1, 0.15) is 52.0 Å². The molecule has 3 N–H and O–H groups in total. The van der Waals surface area contributed by atoms with Crippen molar-refractivity contribution in [2.24, 2.45) is 0 Å². The van der Waals surface area contributed by atoms with Gasteiger partial charge in [0.25, 0.3) is 11.8 Å². The second kappa shape index (κ2) is 12.4. The van der Waals surface area contributed by atoms with Crippen molar-refractivity contribution in [1.29, 1.82) is 0 Å². The summed E-state index contributed by atoms with van der Waals surface area (Å²) in [5, 5.41) is 9.49. The third-order valence-electron chi connectivity index (χ3n) is 7.38. The van der Waals surface area contributed by atoms with Crippen LogP contribution in [-0.4, -0.2) is 61.5 Å². The normalized spacial score (nSPS) is 18.4. The molecule has 2 fully saturated rings. The summed E-state index contributed by atoms with van der Waals surface area (Å²) in [6, 6.07) is 22.4. The minimum absolute atomic E-state index is 0.0697. The number of anilines is 2. The summed E-state index contributed by atoms with van der Waals surface area (Å²) in [6.45, 7) is 5.00. The standard InChI is InChI=1S/C31H34ClN5O3/c1-2-33-31(40)37-15-7-14-36(16-17-37)28-13-12-23(19-27(28)35-29(38)22-10-6-11-24(32)18-22)30(39)34-26-20-25(26)21-8-4-3-5-9-21/h3-6,8-13,18-19,25-26H,2,7,14-17,20H2,1H3,(H,33,40)(H,34,39)(H,35,38)/t25-,26+/m0/s1. The zero-order valence-corrected chi connectivity index (χ0v) is 23.3. The second-order valence-corrected chi connectivity index (χ2v) is 10.6. The van der Waals surface area contributed by atoms with Crippen molar-refractivity contribution in [3.8, 4) is 0 Å². The van der Waals surface area contributed by atoms with Gasteiger partial charge in [-0.2, -0.15) is 0 Å². The molecule has 0 bridgehead atoms. The van der Waals surface area contributed by atoms with Gasteiger partial charge in [0.2, 0.25) is 0 Å². The van der Waals surface area contributed by atoms with E-state index in [1.165, 1.54) is 5.56 Å². The molecule has 4 amide bonds. The molecule has 5 rings (SSSR count). The number of halogens is 1. The van der Waals surface area contributed by atoms with Crippen molar-refractivity contribution in [3.05, 3.63) is 94.5 Å². The number of carbonyl (C=O) groups excluding carboxylic acids is 3. The summed E-state index contributed by atoms with van der Waals surface area (Å²) >= 11 is 6.12. The molecule has 8 nitrogen and oxygen atoms in total. The molecule has 0 radical (unpaired) electrons. The van der Waals surface area contributed by atoms with Gasteiger partial charge >= 0.3 is 6.03 Å².